The molecule has 0 unspecified atom stereocenters. The highest BCUT2D eigenvalue weighted by Gasteiger charge is 2.24. The van der Waals surface area contributed by atoms with Crippen molar-refractivity contribution in [3.63, 3.8) is 0 Å². The molecule has 0 atom stereocenters. The number of nitrogens with two attached hydrogens (primary N) is 1. The van der Waals surface area contributed by atoms with Crippen LogP contribution in [0.5, 0.6) is 0 Å². The fourth-order valence-corrected chi connectivity index (χ4v) is 3.29. The van der Waals surface area contributed by atoms with Gasteiger partial charge < -0.3 is 5.73 Å². The number of hydrogen-bond acceptors (Lipinski definition) is 4. The molecule has 2 rings (SSSR count). The van der Waals surface area contributed by atoms with E-state index in [0.717, 1.165) is 24.0 Å². The van der Waals surface area contributed by atoms with Crippen LogP contribution in [0.15, 0.2) is 47.6 Å². The van der Waals surface area contributed by atoms with Crippen molar-refractivity contribution in [2.75, 3.05) is 12.3 Å². The zero-order valence-corrected chi connectivity index (χ0v) is 12.3. The number of sulfonamides is 1. The SMILES string of the molecule is CCN(Cc1ccc(N)cc1)S(=O)(=O)c1cncc(F)c1. The van der Waals surface area contributed by atoms with Gasteiger partial charge in [0.25, 0.3) is 0 Å². The number of benzene rings is 1. The topological polar surface area (TPSA) is 76.3 Å². The molecule has 2 N–H and O–H groups in total. The monoisotopic (exact) mass is 309 g/mol. The fraction of sp³-hybridized carbons (Fsp3) is 0.214. The van der Waals surface area contributed by atoms with Gasteiger partial charge in [0.1, 0.15) is 10.7 Å². The molecular weight excluding hydrogens is 293 g/mol. The lowest BCUT2D eigenvalue weighted by atomic mass is 10.2. The molecule has 0 spiro atoms. The van der Waals surface area contributed by atoms with Crippen LogP contribution in [-0.2, 0) is 16.6 Å². The number of anilines is 1. The summed E-state index contributed by atoms with van der Waals surface area (Å²) < 4.78 is 39.4. The first-order valence-electron chi connectivity index (χ1n) is 6.38. The van der Waals surface area contributed by atoms with Crippen LogP contribution in [-0.4, -0.2) is 24.3 Å². The van der Waals surface area contributed by atoms with Crippen molar-refractivity contribution in [2.45, 2.75) is 18.4 Å². The molecule has 5 nitrogen and oxygen atoms in total. The molecule has 1 aromatic carbocycles. The molecule has 0 saturated carbocycles. The number of hydrogen-bond donors (Lipinski definition) is 1. The van der Waals surface area contributed by atoms with Gasteiger partial charge in [0.15, 0.2) is 0 Å². The van der Waals surface area contributed by atoms with E-state index >= 15 is 0 Å². The Hall–Kier alpha value is -1.99. The van der Waals surface area contributed by atoms with Crippen LogP contribution >= 0.6 is 0 Å². The van der Waals surface area contributed by atoms with Crippen molar-refractivity contribution < 1.29 is 12.8 Å². The largest absolute Gasteiger partial charge is 0.399 e. The van der Waals surface area contributed by atoms with Gasteiger partial charge in [-0.2, -0.15) is 4.31 Å². The minimum atomic E-state index is -3.78. The first-order chi connectivity index (χ1) is 9.93. The fourth-order valence-electron chi connectivity index (χ4n) is 1.88. The van der Waals surface area contributed by atoms with Crippen molar-refractivity contribution in [1.29, 1.82) is 0 Å². The molecule has 0 radical (unpaired) electrons. The Morgan fingerprint density at radius 1 is 1.24 bits per heavy atom. The minimum absolute atomic E-state index is 0.153. The number of rotatable bonds is 5. The smallest absolute Gasteiger partial charge is 0.245 e. The molecule has 0 amide bonds. The maximum atomic E-state index is 13.2. The average molecular weight is 309 g/mol. The third kappa shape index (κ3) is 3.56. The predicted octanol–water partition coefficient (Wildman–Crippen LogP) is 2.01. The van der Waals surface area contributed by atoms with Gasteiger partial charge in [-0.05, 0) is 23.8 Å². The van der Waals surface area contributed by atoms with Crippen LogP contribution < -0.4 is 5.73 Å². The summed E-state index contributed by atoms with van der Waals surface area (Å²) in [6.45, 7) is 2.18. The Balaban J connectivity index is 2.29. The Morgan fingerprint density at radius 2 is 1.90 bits per heavy atom. The van der Waals surface area contributed by atoms with Gasteiger partial charge >= 0.3 is 0 Å². The highest BCUT2D eigenvalue weighted by molar-refractivity contribution is 7.89. The number of nitrogen functional groups attached to an aromatic ring is 1. The molecule has 0 bridgehead atoms. The number of nitrogens with zero attached hydrogens (tertiary/aromatic N) is 2. The molecule has 21 heavy (non-hydrogen) atoms. The van der Waals surface area contributed by atoms with Crippen molar-refractivity contribution in [3.8, 4) is 0 Å². The Kier molecular flexibility index (Phi) is 4.54. The quantitative estimate of drug-likeness (QED) is 0.857. The van der Waals surface area contributed by atoms with Gasteiger partial charge in [-0.3, -0.25) is 4.98 Å². The van der Waals surface area contributed by atoms with E-state index in [-0.39, 0.29) is 18.0 Å². The van der Waals surface area contributed by atoms with E-state index in [0.29, 0.717) is 5.69 Å². The predicted molar refractivity (Wildman–Crippen MR) is 78.3 cm³/mol. The lowest BCUT2D eigenvalue weighted by Crippen LogP contribution is -2.30. The van der Waals surface area contributed by atoms with Gasteiger partial charge in [-0.15, -0.1) is 0 Å². The van der Waals surface area contributed by atoms with Crippen molar-refractivity contribution in [2.24, 2.45) is 0 Å². The van der Waals surface area contributed by atoms with Crippen molar-refractivity contribution in [1.82, 2.24) is 9.29 Å². The summed E-state index contributed by atoms with van der Waals surface area (Å²) >= 11 is 0. The maximum absolute atomic E-state index is 13.2. The van der Waals surface area contributed by atoms with Crippen molar-refractivity contribution >= 4 is 15.7 Å². The van der Waals surface area contributed by atoms with Crippen LogP contribution in [0.25, 0.3) is 0 Å². The molecule has 0 aliphatic rings. The van der Waals surface area contributed by atoms with E-state index in [2.05, 4.69) is 4.98 Å². The van der Waals surface area contributed by atoms with E-state index < -0.39 is 15.8 Å². The second-order valence-corrected chi connectivity index (χ2v) is 6.45. The average Bonchev–Trinajstić information content (AvgIpc) is 2.46. The summed E-state index contributed by atoms with van der Waals surface area (Å²) in [4.78, 5) is 3.44. The van der Waals surface area contributed by atoms with Gasteiger partial charge in [-0.1, -0.05) is 19.1 Å². The number of pyridine rings is 1. The third-order valence-electron chi connectivity index (χ3n) is 3.01. The molecular formula is C14H16FN3O2S. The van der Waals surface area contributed by atoms with Crippen LogP contribution in [0.3, 0.4) is 0 Å². The molecule has 1 aromatic heterocycles. The molecule has 112 valence electrons. The van der Waals surface area contributed by atoms with E-state index in [9.17, 15) is 12.8 Å². The zero-order valence-electron chi connectivity index (χ0n) is 11.5. The normalized spacial score (nSPS) is 11.8. The van der Waals surface area contributed by atoms with Crippen LogP contribution in [0.2, 0.25) is 0 Å². The lowest BCUT2D eigenvalue weighted by Gasteiger charge is -2.20. The van der Waals surface area contributed by atoms with Crippen LogP contribution in [0, 0.1) is 5.82 Å². The number of halogens is 1. The first-order valence-corrected chi connectivity index (χ1v) is 7.82. The molecule has 0 aliphatic carbocycles. The summed E-state index contributed by atoms with van der Waals surface area (Å²) in [7, 11) is -3.78. The Labute approximate surface area is 123 Å². The number of aromatic nitrogens is 1. The summed E-state index contributed by atoms with van der Waals surface area (Å²) in [5.74, 6) is -0.681. The zero-order chi connectivity index (χ0) is 15.5. The minimum Gasteiger partial charge on any atom is -0.399 e. The van der Waals surface area contributed by atoms with E-state index in [4.69, 9.17) is 5.73 Å². The second-order valence-electron chi connectivity index (χ2n) is 4.51. The summed E-state index contributed by atoms with van der Waals surface area (Å²) in [6.07, 6.45) is 2.11. The molecule has 7 heteroatoms. The molecule has 1 heterocycles. The van der Waals surface area contributed by atoms with E-state index in [1.165, 1.54) is 4.31 Å². The lowest BCUT2D eigenvalue weighted by molar-refractivity contribution is 0.422. The van der Waals surface area contributed by atoms with Gasteiger partial charge in [0.2, 0.25) is 10.0 Å². The third-order valence-corrected chi connectivity index (χ3v) is 4.90. The maximum Gasteiger partial charge on any atom is 0.245 e. The summed E-state index contributed by atoms with van der Waals surface area (Å²) in [5, 5.41) is 0. The molecule has 2 aromatic rings. The Morgan fingerprint density at radius 3 is 2.48 bits per heavy atom. The molecule has 0 saturated heterocycles. The van der Waals surface area contributed by atoms with Crippen molar-refractivity contribution in [3.05, 3.63) is 54.1 Å². The van der Waals surface area contributed by atoms with Gasteiger partial charge in [-0.25, -0.2) is 12.8 Å². The van der Waals surface area contributed by atoms with Gasteiger partial charge in [0.05, 0.1) is 6.20 Å². The molecule has 0 fully saturated rings. The molecule has 0 aliphatic heterocycles. The standard InChI is InChI=1S/C14H16FN3O2S/c1-2-18(10-11-3-5-13(16)6-4-11)21(19,20)14-7-12(15)8-17-9-14/h3-9H,2,10,16H2,1H3. The highest BCUT2D eigenvalue weighted by atomic mass is 32.2. The van der Waals surface area contributed by atoms with E-state index in [1.807, 2.05) is 0 Å². The van der Waals surface area contributed by atoms with Crippen LogP contribution in [0.4, 0.5) is 10.1 Å². The summed E-state index contributed by atoms with van der Waals surface area (Å²) in [5.41, 5.74) is 7.02. The Bertz CT molecular complexity index is 717. The first kappa shape index (κ1) is 15.4. The van der Waals surface area contributed by atoms with Crippen LogP contribution in [0.1, 0.15) is 12.5 Å². The van der Waals surface area contributed by atoms with Gasteiger partial charge in [0, 0.05) is 25.0 Å². The van der Waals surface area contributed by atoms with E-state index in [1.54, 1.807) is 31.2 Å². The summed E-state index contributed by atoms with van der Waals surface area (Å²) in [6, 6.07) is 7.90. The second kappa shape index (κ2) is 6.19. The highest BCUT2D eigenvalue weighted by Crippen LogP contribution is 2.18.